The van der Waals surface area contributed by atoms with E-state index in [2.05, 4.69) is 4.98 Å². The van der Waals surface area contributed by atoms with E-state index >= 15 is 0 Å². The molecule has 0 radical (unpaired) electrons. The van der Waals surface area contributed by atoms with Gasteiger partial charge in [-0.1, -0.05) is 0 Å². The van der Waals surface area contributed by atoms with Crippen LogP contribution >= 0.6 is 0 Å². The van der Waals surface area contributed by atoms with Gasteiger partial charge in [0.25, 0.3) is 0 Å². The van der Waals surface area contributed by atoms with Crippen molar-refractivity contribution >= 4 is 22.9 Å². The van der Waals surface area contributed by atoms with Gasteiger partial charge in [0.05, 0.1) is 16.6 Å². The molecule has 3 rings (SSSR count). The number of hydrogen-bond donors (Lipinski definition) is 1. The molecule has 0 atom stereocenters. The number of rotatable bonds is 3. The fourth-order valence-electron chi connectivity index (χ4n) is 2.78. The maximum Gasteiger partial charge on any atom is 0.335 e. The quantitative estimate of drug-likeness (QED) is 0.931. The second-order valence-corrected chi connectivity index (χ2v) is 5.34. The van der Waals surface area contributed by atoms with E-state index in [4.69, 9.17) is 5.11 Å². The van der Waals surface area contributed by atoms with Crippen LogP contribution in [0.3, 0.4) is 0 Å². The maximum absolute atomic E-state index is 12.3. The molecule has 1 amide bonds. The SMILES string of the molecule is Cc1nc2cc(C(=O)O)ccc2n1CC(=O)N1CCCC1. The number of amides is 1. The topological polar surface area (TPSA) is 75.4 Å². The van der Waals surface area contributed by atoms with Crippen LogP contribution in [-0.4, -0.2) is 44.5 Å². The Kier molecular flexibility index (Phi) is 3.37. The number of imidazole rings is 1. The van der Waals surface area contributed by atoms with Gasteiger partial charge in [-0.3, -0.25) is 4.79 Å². The molecule has 0 spiro atoms. The van der Waals surface area contributed by atoms with Gasteiger partial charge in [-0.05, 0) is 38.0 Å². The van der Waals surface area contributed by atoms with Crippen molar-refractivity contribution in [2.24, 2.45) is 0 Å². The summed E-state index contributed by atoms with van der Waals surface area (Å²) in [5, 5.41) is 9.01. The number of aromatic nitrogens is 2. The fourth-order valence-corrected chi connectivity index (χ4v) is 2.78. The van der Waals surface area contributed by atoms with E-state index in [0.29, 0.717) is 5.52 Å². The largest absolute Gasteiger partial charge is 0.478 e. The number of carboxylic acid groups (broad SMARTS) is 1. The summed E-state index contributed by atoms with van der Waals surface area (Å²) < 4.78 is 1.85. The summed E-state index contributed by atoms with van der Waals surface area (Å²) in [6, 6.07) is 4.81. The molecule has 0 unspecified atom stereocenters. The minimum absolute atomic E-state index is 0.0946. The summed E-state index contributed by atoms with van der Waals surface area (Å²) >= 11 is 0. The first-order valence-corrected chi connectivity index (χ1v) is 7.04. The first kappa shape index (κ1) is 13.6. The van der Waals surface area contributed by atoms with Crippen LogP contribution in [0.15, 0.2) is 18.2 Å². The number of hydrogen-bond acceptors (Lipinski definition) is 3. The van der Waals surface area contributed by atoms with Crippen LogP contribution in [0.25, 0.3) is 11.0 Å². The van der Waals surface area contributed by atoms with E-state index in [1.165, 1.54) is 0 Å². The molecule has 1 aliphatic heterocycles. The van der Waals surface area contributed by atoms with E-state index in [1.54, 1.807) is 18.2 Å². The molecule has 1 aliphatic rings. The minimum Gasteiger partial charge on any atom is -0.478 e. The Bertz CT molecular complexity index is 714. The summed E-state index contributed by atoms with van der Waals surface area (Å²) in [4.78, 5) is 29.5. The third kappa shape index (κ3) is 2.49. The van der Waals surface area contributed by atoms with Gasteiger partial charge in [-0.2, -0.15) is 0 Å². The lowest BCUT2D eigenvalue weighted by Gasteiger charge is -2.16. The van der Waals surface area contributed by atoms with Crippen molar-refractivity contribution in [1.82, 2.24) is 14.5 Å². The van der Waals surface area contributed by atoms with Crippen molar-refractivity contribution < 1.29 is 14.7 Å². The zero-order chi connectivity index (χ0) is 15.0. The number of aryl methyl sites for hydroxylation is 1. The Balaban J connectivity index is 1.92. The number of carboxylic acids is 1. The molecule has 6 nitrogen and oxygen atoms in total. The number of carbonyl (C=O) groups is 2. The molecule has 1 aromatic heterocycles. The minimum atomic E-state index is -0.975. The summed E-state index contributed by atoms with van der Waals surface area (Å²) in [6.45, 7) is 3.74. The molecule has 2 heterocycles. The first-order chi connectivity index (χ1) is 10.1. The average molecular weight is 287 g/mol. The molecule has 0 saturated carbocycles. The second kappa shape index (κ2) is 5.20. The van der Waals surface area contributed by atoms with Gasteiger partial charge in [0, 0.05) is 13.1 Å². The number of benzene rings is 1. The van der Waals surface area contributed by atoms with Crippen LogP contribution in [0.1, 0.15) is 29.0 Å². The van der Waals surface area contributed by atoms with Gasteiger partial charge < -0.3 is 14.6 Å². The normalized spacial score (nSPS) is 14.8. The molecule has 1 N–H and O–H groups in total. The Labute approximate surface area is 122 Å². The molecule has 110 valence electrons. The van der Waals surface area contributed by atoms with Crippen LogP contribution in [-0.2, 0) is 11.3 Å². The van der Waals surface area contributed by atoms with Gasteiger partial charge in [0.15, 0.2) is 0 Å². The summed E-state index contributed by atoms with van der Waals surface area (Å²) in [5.41, 5.74) is 1.62. The molecule has 6 heteroatoms. The molecular formula is C15H17N3O3. The summed E-state index contributed by atoms with van der Waals surface area (Å²) in [5.74, 6) is -0.158. The van der Waals surface area contributed by atoms with Crippen molar-refractivity contribution in [2.45, 2.75) is 26.3 Å². The zero-order valence-corrected chi connectivity index (χ0v) is 11.9. The second-order valence-electron chi connectivity index (χ2n) is 5.34. The molecule has 21 heavy (non-hydrogen) atoms. The molecule has 1 fully saturated rings. The summed E-state index contributed by atoms with van der Waals surface area (Å²) in [6.07, 6.45) is 2.13. The van der Waals surface area contributed by atoms with Gasteiger partial charge in [0.2, 0.25) is 5.91 Å². The van der Waals surface area contributed by atoms with E-state index in [1.807, 2.05) is 16.4 Å². The van der Waals surface area contributed by atoms with Gasteiger partial charge in [-0.15, -0.1) is 0 Å². The highest BCUT2D eigenvalue weighted by Gasteiger charge is 2.20. The maximum atomic E-state index is 12.3. The molecule has 2 aromatic rings. The van der Waals surface area contributed by atoms with Gasteiger partial charge in [-0.25, -0.2) is 9.78 Å². The number of carbonyl (C=O) groups excluding carboxylic acids is 1. The Hall–Kier alpha value is -2.37. The smallest absolute Gasteiger partial charge is 0.335 e. The zero-order valence-electron chi connectivity index (χ0n) is 11.9. The Morgan fingerprint density at radius 3 is 2.67 bits per heavy atom. The Morgan fingerprint density at radius 2 is 2.00 bits per heavy atom. The third-order valence-electron chi connectivity index (χ3n) is 3.94. The summed E-state index contributed by atoms with van der Waals surface area (Å²) in [7, 11) is 0. The first-order valence-electron chi connectivity index (χ1n) is 7.04. The van der Waals surface area contributed by atoms with E-state index < -0.39 is 5.97 Å². The molecule has 1 aromatic carbocycles. The van der Waals surface area contributed by atoms with Crippen LogP contribution in [0.4, 0.5) is 0 Å². The monoisotopic (exact) mass is 287 g/mol. The van der Waals surface area contributed by atoms with Crippen LogP contribution in [0, 0.1) is 6.92 Å². The number of fused-ring (bicyclic) bond motifs is 1. The number of likely N-dealkylation sites (tertiary alicyclic amines) is 1. The van der Waals surface area contributed by atoms with Crippen LogP contribution in [0.2, 0.25) is 0 Å². The van der Waals surface area contributed by atoms with Crippen molar-refractivity contribution in [2.75, 3.05) is 13.1 Å². The van der Waals surface area contributed by atoms with Gasteiger partial charge >= 0.3 is 5.97 Å². The molecule has 0 bridgehead atoms. The lowest BCUT2D eigenvalue weighted by Crippen LogP contribution is -2.31. The number of aromatic carboxylic acids is 1. The molecular weight excluding hydrogens is 270 g/mol. The van der Waals surface area contributed by atoms with E-state index in [9.17, 15) is 9.59 Å². The molecule has 0 aliphatic carbocycles. The number of nitrogens with zero attached hydrogens (tertiary/aromatic N) is 3. The van der Waals surface area contributed by atoms with E-state index in [0.717, 1.165) is 37.3 Å². The van der Waals surface area contributed by atoms with E-state index in [-0.39, 0.29) is 18.0 Å². The highest BCUT2D eigenvalue weighted by molar-refractivity contribution is 5.92. The van der Waals surface area contributed by atoms with Gasteiger partial charge in [0.1, 0.15) is 12.4 Å². The van der Waals surface area contributed by atoms with Crippen LogP contribution in [0.5, 0.6) is 0 Å². The molecule has 1 saturated heterocycles. The van der Waals surface area contributed by atoms with Crippen molar-refractivity contribution in [1.29, 1.82) is 0 Å². The van der Waals surface area contributed by atoms with Crippen molar-refractivity contribution in [3.05, 3.63) is 29.6 Å². The highest BCUT2D eigenvalue weighted by atomic mass is 16.4. The predicted octanol–water partition coefficient (Wildman–Crippen LogP) is 1.67. The fraction of sp³-hybridized carbons (Fsp3) is 0.400. The van der Waals surface area contributed by atoms with Crippen molar-refractivity contribution in [3.63, 3.8) is 0 Å². The van der Waals surface area contributed by atoms with Crippen LogP contribution < -0.4 is 0 Å². The highest BCUT2D eigenvalue weighted by Crippen LogP contribution is 2.19. The standard InChI is InChI=1S/C15H17N3O3/c1-10-16-12-8-11(15(20)21)4-5-13(12)18(10)9-14(19)17-6-2-3-7-17/h4-5,8H,2-3,6-7,9H2,1H3,(H,20,21). The third-order valence-corrected chi connectivity index (χ3v) is 3.94. The Morgan fingerprint density at radius 1 is 1.29 bits per heavy atom. The lowest BCUT2D eigenvalue weighted by molar-refractivity contribution is -0.130. The predicted molar refractivity (Wildman–Crippen MR) is 77.2 cm³/mol. The van der Waals surface area contributed by atoms with Crippen molar-refractivity contribution in [3.8, 4) is 0 Å². The average Bonchev–Trinajstić information content (AvgIpc) is 3.07. The lowest BCUT2D eigenvalue weighted by atomic mass is 10.2.